The van der Waals surface area contributed by atoms with Gasteiger partial charge in [-0.15, -0.1) is 0 Å². The van der Waals surface area contributed by atoms with E-state index in [2.05, 4.69) is 14.6 Å². The Morgan fingerprint density at radius 1 is 1.48 bits per heavy atom. The lowest BCUT2D eigenvalue weighted by atomic mass is 10.1. The van der Waals surface area contributed by atoms with Crippen molar-refractivity contribution in [3.05, 3.63) is 23.0 Å². The fourth-order valence-electron chi connectivity index (χ4n) is 2.80. The zero-order valence-corrected chi connectivity index (χ0v) is 13.8. The van der Waals surface area contributed by atoms with Crippen molar-refractivity contribution in [3.8, 4) is 5.75 Å². The van der Waals surface area contributed by atoms with Crippen LogP contribution in [0.4, 0.5) is 0 Å². The predicted octanol–water partition coefficient (Wildman–Crippen LogP) is 0.831. The standard InChI is InChI=1S/C14H23N3O3S/c1-10-7-16-13(11(2)14(10)20-4)9-17-6-5-12(8-17)21(18,19)15-3/h7,12,15H,5-6,8-9H2,1-4H3. The summed E-state index contributed by atoms with van der Waals surface area (Å²) in [6, 6.07) is 0. The third-order valence-corrected chi connectivity index (χ3v) is 5.91. The van der Waals surface area contributed by atoms with Crippen molar-refractivity contribution in [2.75, 3.05) is 27.2 Å². The van der Waals surface area contributed by atoms with Gasteiger partial charge in [0.25, 0.3) is 0 Å². The minimum atomic E-state index is -3.19. The smallest absolute Gasteiger partial charge is 0.215 e. The minimum absolute atomic E-state index is 0.338. The van der Waals surface area contributed by atoms with E-state index in [9.17, 15) is 8.42 Å². The molecule has 2 heterocycles. The SMILES string of the molecule is CNS(=O)(=O)C1CCN(Cc2ncc(C)c(OC)c2C)C1. The molecule has 0 radical (unpaired) electrons. The molecule has 0 aliphatic carbocycles. The first-order valence-electron chi connectivity index (χ1n) is 7.02. The monoisotopic (exact) mass is 313 g/mol. The van der Waals surface area contributed by atoms with Crippen molar-refractivity contribution in [3.63, 3.8) is 0 Å². The molecule has 0 bridgehead atoms. The van der Waals surface area contributed by atoms with Gasteiger partial charge in [-0.25, -0.2) is 13.1 Å². The topological polar surface area (TPSA) is 71.5 Å². The number of aromatic nitrogens is 1. The molecule has 1 fully saturated rings. The highest BCUT2D eigenvalue weighted by Crippen LogP contribution is 2.26. The number of sulfonamides is 1. The van der Waals surface area contributed by atoms with Crippen molar-refractivity contribution in [2.45, 2.75) is 32.1 Å². The van der Waals surface area contributed by atoms with Gasteiger partial charge in [0.05, 0.1) is 18.1 Å². The zero-order valence-electron chi connectivity index (χ0n) is 13.0. The largest absolute Gasteiger partial charge is 0.496 e. The van der Waals surface area contributed by atoms with Crippen molar-refractivity contribution in [1.82, 2.24) is 14.6 Å². The summed E-state index contributed by atoms with van der Waals surface area (Å²) in [5.74, 6) is 0.860. The molecule has 0 aromatic carbocycles. The van der Waals surface area contributed by atoms with Crippen LogP contribution >= 0.6 is 0 Å². The van der Waals surface area contributed by atoms with Crippen LogP contribution in [0.15, 0.2) is 6.20 Å². The first kappa shape index (κ1) is 16.2. The summed E-state index contributed by atoms with van der Waals surface area (Å²) in [4.78, 5) is 6.60. The molecule has 1 N–H and O–H groups in total. The molecule has 1 atom stereocenters. The van der Waals surface area contributed by atoms with Gasteiger partial charge in [-0.3, -0.25) is 9.88 Å². The van der Waals surface area contributed by atoms with E-state index >= 15 is 0 Å². The quantitative estimate of drug-likeness (QED) is 0.872. The molecule has 0 spiro atoms. The second-order valence-electron chi connectivity index (χ2n) is 5.44. The summed E-state index contributed by atoms with van der Waals surface area (Å²) in [7, 11) is -0.0655. The predicted molar refractivity (Wildman–Crippen MR) is 81.9 cm³/mol. The molecule has 1 unspecified atom stereocenters. The van der Waals surface area contributed by atoms with Gasteiger partial charge in [0.15, 0.2) is 0 Å². The van der Waals surface area contributed by atoms with Crippen LogP contribution < -0.4 is 9.46 Å². The number of rotatable bonds is 5. The maximum Gasteiger partial charge on any atom is 0.215 e. The summed E-state index contributed by atoms with van der Waals surface area (Å²) in [6.45, 7) is 5.92. The van der Waals surface area contributed by atoms with Crippen LogP contribution in [0.25, 0.3) is 0 Å². The molecular formula is C14H23N3O3S. The highest BCUT2D eigenvalue weighted by atomic mass is 32.2. The van der Waals surface area contributed by atoms with Gasteiger partial charge < -0.3 is 4.74 Å². The average Bonchev–Trinajstić information content (AvgIpc) is 2.92. The first-order valence-corrected chi connectivity index (χ1v) is 8.57. The number of hydrogen-bond donors (Lipinski definition) is 1. The van der Waals surface area contributed by atoms with E-state index in [1.54, 1.807) is 13.3 Å². The highest BCUT2D eigenvalue weighted by molar-refractivity contribution is 7.90. The molecule has 1 aromatic rings. The number of aryl methyl sites for hydroxylation is 1. The lowest BCUT2D eigenvalue weighted by molar-refractivity contribution is 0.324. The normalized spacial score (nSPS) is 19.9. The molecular weight excluding hydrogens is 290 g/mol. The molecule has 1 aliphatic rings. The van der Waals surface area contributed by atoms with Crippen molar-refractivity contribution in [2.24, 2.45) is 0 Å². The second kappa shape index (κ2) is 6.29. The fourth-order valence-corrected chi connectivity index (χ4v) is 3.96. The zero-order chi connectivity index (χ0) is 15.6. The van der Waals surface area contributed by atoms with Crippen LogP contribution in [0.1, 0.15) is 23.2 Å². The van der Waals surface area contributed by atoms with E-state index in [0.29, 0.717) is 19.5 Å². The molecule has 1 aromatic heterocycles. The van der Waals surface area contributed by atoms with Crippen LogP contribution in [0.5, 0.6) is 5.75 Å². The van der Waals surface area contributed by atoms with E-state index in [4.69, 9.17) is 4.74 Å². The Morgan fingerprint density at radius 3 is 2.81 bits per heavy atom. The maximum absolute atomic E-state index is 11.8. The third kappa shape index (κ3) is 3.36. The first-order chi connectivity index (χ1) is 9.89. The number of nitrogens with one attached hydrogen (secondary N) is 1. The van der Waals surface area contributed by atoms with Crippen LogP contribution in [-0.2, 0) is 16.6 Å². The number of likely N-dealkylation sites (tertiary alicyclic amines) is 1. The van der Waals surface area contributed by atoms with Crippen molar-refractivity contribution < 1.29 is 13.2 Å². The molecule has 6 nitrogen and oxygen atoms in total. The minimum Gasteiger partial charge on any atom is -0.496 e. The Kier molecular flexibility index (Phi) is 4.85. The molecule has 118 valence electrons. The van der Waals surface area contributed by atoms with Crippen LogP contribution in [0.2, 0.25) is 0 Å². The summed E-state index contributed by atoms with van der Waals surface area (Å²) in [6.07, 6.45) is 2.46. The molecule has 21 heavy (non-hydrogen) atoms. The molecule has 0 amide bonds. The molecule has 2 rings (SSSR count). The van der Waals surface area contributed by atoms with E-state index < -0.39 is 10.0 Å². The Labute approximate surface area is 126 Å². The molecule has 7 heteroatoms. The van der Waals surface area contributed by atoms with Crippen molar-refractivity contribution >= 4 is 10.0 Å². The van der Waals surface area contributed by atoms with E-state index in [0.717, 1.165) is 29.1 Å². The number of ether oxygens (including phenoxy) is 1. The second-order valence-corrected chi connectivity index (χ2v) is 7.61. The van der Waals surface area contributed by atoms with Crippen LogP contribution in [0, 0.1) is 13.8 Å². The molecule has 1 saturated heterocycles. The molecule has 1 aliphatic heterocycles. The van der Waals surface area contributed by atoms with Gasteiger partial charge in [-0.2, -0.15) is 0 Å². The Balaban J connectivity index is 2.11. The van der Waals surface area contributed by atoms with Gasteiger partial charge in [0.1, 0.15) is 5.75 Å². The van der Waals surface area contributed by atoms with Gasteiger partial charge >= 0.3 is 0 Å². The number of hydrogen-bond acceptors (Lipinski definition) is 5. The van der Waals surface area contributed by atoms with E-state index in [-0.39, 0.29) is 5.25 Å². The van der Waals surface area contributed by atoms with Crippen LogP contribution in [0.3, 0.4) is 0 Å². The fraction of sp³-hybridized carbons (Fsp3) is 0.643. The van der Waals surface area contributed by atoms with E-state index in [1.807, 2.05) is 13.8 Å². The van der Waals surface area contributed by atoms with E-state index in [1.165, 1.54) is 7.05 Å². The van der Waals surface area contributed by atoms with Gasteiger partial charge in [0, 0.05) is 30.4 Å². The maximum atomic E-state index is 11.8. The summed E-state index contributed by atoms with van der Waals surface area (Å²) >= 11 is 0. The Morgan fingerprint density at radius 2 is 2.19 bits per heavy atom. The Bertz CT molecular complexity index is 616. The number of methoxy groups -OCH3 is 1. The average molecular weight is 313 g/mol. The summed E-state index contributed by atoms with van der Waals surface area (Å²) in [5.41, 5.74) is 2.98. The Hall–Kier alpha value is -1.18. The van der Waals surface area contributed by atoms with Crippen molar-refractivity contribution in [1.29, 1.82) is 0 Å². The van der Waals surface area contributed by atoms with Crippen LogP contribution in [-0.4, -0.2) is 50.8 Å². The number of nitrogens with zero attached hydrogens (tertiary/aromatic N) is 2. The molecule has 0 saturated carbocycles. The van der Waals surface area contributed by atoms with Gasteiger partial charge in [-0.05, 0) is 33.9 Å². The lowest BCUT2D eigenvalue weighted by Crippen LogP contribution is -2.34. The summed E-state index contributed by atoms with van der Waals surface area (Å²) in [5, 5.41) is -0.338. The van der Waals surface area contributed by atoms with Gasteiger partial charge in [-0.1, -0.05) is 0 Å². The summed E-state index contributed by atoms with van der Waals surface area (Å²) < 4.78 is 31.5. The third-order valence-electron chi connectivity index (χ3n) is 4.08. The van der Waals surface area contributed by atoms with Gasteiger partial charge in [0.2, 0.25) is 10.0 Å². The lowest BCUT2D eigenvalue weighted by Gasteiger charge is -2.18. The number of pyridine rings is 1. The highest BCUT2D eigenvalue weighted by Gasteiger charge is 2.32.